The van der Waals surface area contributed by atoms with Crippen LogP contribution in [0.5, 0.6) is 0 Å². The predicted octanol–water partition coefficient (Wildman–Crippen LogP) is 4.35. The number of carbonyl (C=O) groups is 1. The van der Waals surface area contributed by atoms with Gasteiger partial charge in [-0.3, -0.25) is 9.69 Å². The van der Waals surface area contributed by atoms with E-state index in [1.807, 2.05) is 31.0 Å². The van der Waals surface area contributed by atoms with Gasteiger partial charge >= 0.3 is 0 Å². The SMILES string of the molecule is CCc1cccc(C)c1NC(=O)CN(C)Cc1ccc(SC)cc1. The fraction of sp³-hybridized carbons (Fsp3) is 0.350. The van der Waals surface area contributed by atoms with Gasteiger partial charge in [0.2, 0.25) is 5.91 Å². The van der Waals surface area contributed by atoms with Crippen molar-refractivity contribution in [3.63, 3.8) is 0 Å². The van der Waals surface area contributed by atoms with Crippen LogP contribution in [0.15, 0.2) is 47.4 Å². The summed E-state index contributed by atoms with van der Waals surface area (Å²) in [5.74, 6) is 0.0298. The highest BCUT2D eigenvalue weighted by molar-refractivity contribution is 7.98. The van der Waals surface area contributed by atoms with E-state index in [1.54, 1.807) is 11.8 Å². The Hall–Kier alpha value is -1.78. The first-order valence-electron chi connectivity index (χ1n) is 8.23. The van der Waals surface area contributed by atoms with Gasteiger partial charge in [0.05, 0.1) is 6.54 Å². The molecule has 0 aliphatic rings. The fourth-order valence-electron chi connectivity index (χ4n) is 2.72. The molecular weight excluding hydrogens is 316 g/mol. The number of nitrogens with one attached hydrogen (secondary N) is 1. The van der Waals surface area contributed by atoms with Crippen LogP contribution in [0.1, 0.15) is 23.6 Å². The number of para-hydroxylation sites is 1. The standard InChI is InChI=1S/C20H26N2OS/c1-5-17-8-6-7-15(2)20(17)21-19(23)14-22(3)13-16-9-11-18(24-4)12-10-16/h6-12H,5,13-14H2,1-4H3,(H,21,23). The summed E-state index contributed by atoms with van der Waals surface area (Å²) < 4.78 is 0. The largest absolute Gasteiger partial charge is 0.324 e. The molecule has 0 aliphatic heterocycles. The normalized spacial score (nSPS) is 10.9. The lowest BCUT2D eigenvalue weighted by atomic mass is 10.1. The van der Waals surface area contributed by atoms with Crippen LogP contribution < -0.4 is 5.32 Å². The highest BCUT2D eigenvalue weighted by atomic mass is 32.2. The van der Waals surface area contributed by atoms with Gasteiger partial charge in [0.1, 0.15) is 0 Å². The van der Waals surface area contributed by atoms with Gasteiger partial charge in [0.25, 0.3) is 0 Å². The number of rotatable bonds is 7. The van der Waals surface area contributed by atoms with Crippen LogP contribution in [0.2, 0.25) is 0 Å². The van der Waals surface area contributed by atoms with E-state index in [2.05, 4.69) is 48.8 Å². The molecule has 128 valence electrons. The molecular formula is C20H26N2OS. The molecule has 0 fully saturated rings. The van der Waals surface area contributed by atoms with Gasteiger partial charge in [0.15, 0.2) is 0 Å². The molecule has 0 saturated heterocycles. The quantitative estimate of drug-likeness (QED) is 0.759. The zero-order valence-electron chi connectivity index (χ0n) is 14.9. The van der Waals surface area contributed by atoms with E-state index in [1.165, 1.54) is 16.0 Å². The molecule has 0 radical (unpaired) electrons. The first-order valence-corrected chi connectivity index (χ1v) is 9.45. The van der Waals surface area contributed by atoms with Gasteiger partial charge in [0, 0.05) is 17.1 Å². The van der Waals surface area contributed by atoms with Crippen LogP contribution in [0, 0.1) is 6.92 Å². The van der Waals surface area contributed by atoms with Crippen molar-refractivity contribution in [1.82, 2.24) is 4.90 Å². The molecule has 0 aromatic heterocycles. The number of carbonyl (C=O) groups excluding carboxylic acids is 1. The monoisotopic (exact) mass is 342 g/mol. The lowest BCUT2D eigenvalue weighted by molar-refractivity contribution is -0.117. The lowest BCUT2D eigenvalue weighted by Crippen LogP contribution is -2.30. The first kappa shape index (κ1) is 18.6. The number of aryl methyl sites for hydroxylation is 2. The fourth-order valence-corrected chi connectivity index (χ4v) is 3.13. The molecule has 0 aliphatic carbocycles. The molecule has 0 bridgehead atoms. The Morgan fingerprint density at radius 1 is 1.17 bits per heavy atom. The van der Waals surface area contributed by atoms with Crippen LogP contribution in [0.25, 0.3) is 0 Å². The van der Waals surface area contributed by atoms with Crippen molar-refractivity contribution in [2.75, 3.05) is 25.2 Å². The van der Waals surface area contributed by atoms with E-state index in [0.29, 0.717) is 6.54 Å². The molecule has 1 amide bonds. The van der Waals surface area contributed by atoms with Crippen LogP contribution >= 0.6 is 11.8 Å². The van der Waals surface area contributed by atoms with Crippen molar-refractivity contribution in [2.45, 2.75) is 31.7 Å². The van der Waals surface area contributed by atoms with Gasteiger partial charge in [-0.05, 0) is 55.5 Å². The van der Waals surface area contributed by atoms with Gasteiger partial charge in [-0.1, -0.05) is 37.3 Å². The molecule has 3 nitrogen and oxygen atoms in total. The van der Waals surface area contributed by atoms with Crippen LogP contribution in [-0.4, -0.2) is 30.7 Å². The Kier molecular flexibility index (Phi) is 6.88. The number of likely N-dealkylation sites (N-methyl/N-ethyl adjacent to an activating group) is 1. The molecule has 0 spiro atoms. The second-order valence-electron chi connectivity index (χ2n) is 6.03. The third-order valence-electron chi connectivity index (χ3n) is 4.03. The summed E-state index contributed by atoms with van der Waals surface area (Å²) in [6.45, 7) is 5.28. The van der Waals surface area contributed by atoms with Crippen LogP contribution in [0.4, 0.5) is 5.69 Å². The maximum atomic E-state index is 12.4. The molecule has 24 heavy (non-hydrogen) atoms. The van der Waals surface area contributed by atoms with Crippen LogP contribution in [-0.2, 0) is 17.8 Å². The third-order valence-corrected chi connectivity index (χ3v) is 4.77. The molecule has 0 unspecified atom stereocenters. The number of anilines is 1. The second kappa shape index (κ2) is 8.90. The Labute approximate surface area is 149 Å². The molecule has 2 aromatic carbocycles. The van der Waals surface area contributed by atoms with Crippen molar-refractivity contribution in [2.24, 2.45) is 0 Å². The minimum Gasteiger partial charge on any atom is -0.324 e. The molecule has 0 atom stereocenters. The number of amides is 1. The second-order valence-corrected chi connectivity index (χ2v) is 6.91. The smallest absolute Gasteiger partial charge is 0.238 e. The topological polar surface area (TPSA) is 32.3 Å². The van der Waals surface area contributed by atoms with Gasteiger partial charge in [-0.15, -0.1) is 11.8 Å². The minimum atomic E-state index is 0.0298. The zero-order valence-corrected chi connectivity index (χ0v) is 15.7. The van der Waals surface area contributed by atoms with E-state index in [-0.39, 0.29) is 5.91 Å². The number of benzene rings is 2. The maximum Gasteiger partial charge on any atom is 0.238 e. The van der Waals surface area contributed by atoms with Crippen molar-refractivity contribution < 1.29 is 4.79 Å². The van der Waals surface area contributed by atoms with Crippen molar-refractivity contribution in [1.29, 1.82) is 0 Å². The van der Waals surface area contributed by atoms with E-state index in [9.17, 15) is 4.79 Å². The van der Waals surface area contributed by atoms with Gasteiger partial charge < -0.3 is 5.32 Å². The number of hydrogen-bond acceptors (Lipinski definition) is 3. The Morgan fingerprint density at radius 2 is 1.88 bits per heavy atom. The highest BCUT2D eigenvalue weighted by Gasteiger charge is 2.11. The molecule has 0 saturated carbocycles. The van der Waals surface area contributed by atoms with E-state index in [4.69, 9.17) is 0 Å². The van der Waals surface area contributed by atoms with E-state index < -0.39 is 0 Å². The van der Waals surface area contributed by atoms with Crippen molar-refractivity contribution in [3.8, 4) is 0 Å². The Balaban J connectivity index is 1.94. The molecule has 1 N–H and O–H groups in total. The summed E-state index contributed by atoms with van der Waals surface area (Å²) in [6, 6.07) is 14.6. The zero-order chi connectivity index (χ0) is 17.5. The molecule has 0 heterocycles. The summed E-state index contributed by atoms with van der Waals surface area (Å²) in [6.07, 6.45) is 2.98. The van der Waals surface area contributed by atoms with E-state index in [0.717, 1.165) is 24.2 Å². The number of hydrogen-bond donors (Lipinski definition) is 1. The average molecular weight is 343 g/mol. The third kappa shape index (κ3) is 5.11. The maximum absolute atomic E-state index is 12.4. The Morgan fingerprint density at radius 3 is 2.50 bits per heavy atom. The molecule has 2 aromatic rings. The van der Waals surface area contributed by atoms with Crippen molar-refractivity contribution >= 4 is 23.4 Å². The Bertz CT molecular complexity index is 683. The molecule has 2 rings (SSSR count). The summed E-state index contributed by atoms with van der Waals surface area (Å²) in [7, 11) is 1.97. The van der Waals surface area contributed by atoms with E-state index >= 15 is 0 Å². The summed E-state index contributed by atoms with van der Waals surface area (Å²) in [4.78, 5) is 15.7. The number of thioether (sulfide) groups is 1. The van der Waals surface area contributed by atoms with Gasteiger partial charge in [-0.2, -0.15) is 0 Å². The van der Waals surface area contributed by atoms with Crippen molar-refractivity contribution in [3.05, 3.63) is 59.2 Å². The first-order chi connectivity index (χ1) is 11.5. The summed E-state index contributed by atoms with van der Waals surface area (Å²) >= 11 is 1.74. The van der Waals surface area contributed by atoms with Gasteiger partial charge in [-0.25, -0.2) is 0 Å². The summed E-state index contributed by atoms with van der Waals surface area (Å²) in [5.41, 5.74) is 4.47. The summed E-state index contributed by atoms with van der Waals surface area (Å²) in [5, 5.41) is 3.08. The van der Waals surface area contributed by atoms with Crippen LogP contribution in [0.3, 0.4) is 0 Å². The molecule has 4 heteroatoms. The lowest BCUT2D eigenvalue weighted by Gasteiger charge is -2.18. The average Bonchev–Trinajstić information content (AvgIpc) is 2.57. The predicted molar refractivity (Wildman–Crippen MR) is 104 cm³/mol. The minimum absolute atomic E-state index is 0.0298. The number of nitrogens with zero attached hydrogens (tertiary/aromatic N) is 1. The highest BCUT2D eigenvalue weighted by Crippen LogP contribution is 2.21.